The van der Waals surface area contributed by atoms with Crippen LogP contribution in [0.4, 0.5) is 5.69 Å². The zero-order valence-electron chi connectivity index (χ0n) is 18.2. The third kappa shape index (κ3) is 5.76. The number of nitrogens with zero attached hydrogens (tertiary/aromatic N) is 3. The molecular weight excluding hydrogens is 408 g/mol. The number of allylic oxidation sites excluding steroid dienone is 1. The molecule has 0 aliphatic rings. The van der Waals surface area contributed by atoms with Crippen LogP contribution in [-0.4, -0.2) is 26.4 Å². The van der Waals surface area contributed by atoms with Gasteiger partial charge < -0.3 is 10.1 Å². The Morgan fingerprint density at radius 1 is 1.19 bits per heavy atom. The number of anilines is 1. The van der Waals surface area contributed by atoms with Crippen molar-refractivity contribution < 1.29 is 9.53 Å². The second kappa shape index (κ2) is 10.8. The summed E-state index contributed by atoms with van der Waals surface area (Å²) in [6.45, 7) is 10.8. The van der Waals surface area contributed by atoms with Gasteiger partial charge in [-0.2, -0.15) is 0 Å². The number of aryl methyl sites for hydroxylation is 2. The fourth-order valence-corrected chi connectivity index (χ4v) is 3.90. The molecule has 0 aliphatic heterocycles. The van der Waals surface area contributed by atoms with Crippen LogP contribution >= 0.6 is 11.8 Å². The Morgan fingerprint density at radius 2 is 2.00 bits per heavy atom. The number of hydrogen-bond donors (Lipinski definition) is 1. The van der Waals surface area contributed by atoms with Crippen LogP contribution in [0.2, 0.25) is 0 Å². The number of ether oxygens (including phenoxy) is 1. The van der Waals surface area contributed by atoms with Crippen LogP contribution in [0.1, 0.15) is 29.4 Å². The van der Waals surface area contributed by atoms with Crippen molar-refractivity contribution in [3.8, 4) is 5.75 Å². The molecule has 0 unspecified atom stereocenters. The van der Waals surface area contributed by atoms with Crippen LogP contribution in [0.25, 0.3) is 0 Å². The van der Waals surface area contributed by atoms with Crippen LogP contribution < -0.4 is 10.1 Å². The lowest BCUT2D eigenvalue weighted by atomic mass is 10.1. The van der Waals surface area contributed by atoms with E-state index in [0.29, 0.717) is 24.1 Å². The molecule has 6 nitrogen and oxygen atoms in total. The molecule has 0 atom stereocenters. The van der Waals surface area contributed by atoms with E-state index >= 15 is 0 Å². The third-order valence-electron chi connectivity index (χ3n) is 5.02. The summed E-state index contributed by atoms with van der Waals surface area (Å²) in [5.74, 6) is 1.69. The molecule has 3 rings (SSSR count). The van der Waals surface area contributed by atoms with Gasteiger partial charge >= 0.3 is 0 Å². The lowest BCUT2D eigenvalue weighted by Gasteiger charge is -2.12. The summed E-state index contributed by atoms with van der Waals surface area (Å²) in [5, 5.41) is 12.2. The first-order valence-electron chi connectivity index (χ1n) is 10.3. The Bertz CT molecular complexity index is 1060. The normalized spacial score (nSPS) is 10.7. The largest absolute Gasteiger partial charge is 0.485 e. The highest BCUT2D eigenvalue weighted by molar-refractivity contribution is 7.99. The van der Waals surface area contributed by atoms with E-state index in [9.17, 15) is 4.79 Å². The second-order valence-corrected chi connectivity index (χ2v) is 8.07. The van der Waals surface area contributed by atoms with Gasteiger partial charge in [0.15, 0.2) is 11.0 Å². The van der Waals surface area contributed by atoms with Crippen LogP contribution in [-0.2, 0) is 24.4 Å². The predicted octanol–water partition coefficient (Wildman–Crippen LogP) is 4.95. The lowest BCUT2D eigenvalue weighted by Crippen LogP contribution is -2.16. The van der Waals surface area contributed by atoms with Crippen LogP contribution in [0.5, 0.6) is 5.75 Å². The molecule has 1 aromatic heterocycles. The number of aromatic nitrogens is 3. The predicted molar refractivity (Wildman–Crippen MR) is 126 cm³/mol. The summed E-state index contributed by atoms with van der Waals surface area (Å²) in [7, 11) is 0. The van der Waals surface area contributed by atoms with Gasteiger partial charge in [0.2, 0.25) is 5.91 Å². The second-order valence-electron chi connectivity index (χ2n) is 7.13. The molecule has 1 amide bonds. The Balaban J connectivity index is 1.65. The number of rotatable bonds is 10. The highest BCUT2D eigenvalue weighted by Crippen LogP contribution is 2.23. The number of carbonyl (C=O) groups excluding carboxylic acids is 1. The number of thioether (sulfide) groups is 1. The summed E-state index contributed by atoms with van der Waals surface area (Å²) in [4.78, 5) is 12.5. The summed E-state index contributed by atoms with van der Waals surface area (Å²) >= 11 is 1.35. The molecule has 1 N–H and O–H groups in total. The molecule has 0 aliphatic carbocycles. The number of carbonyl (C=O) groups is 1. The number of hydrogen-bond acceptors (Lipinski definition) is 5. The zero-order valence-corrected chi connectivity index (χ0v) is 19.0. The van der Waals surface area contributed by atoms with Gasteiger partial charge in [-0.05, 0) is 49.1 Å². The number of nitrogens with one attached hydrogen (secondary N) is 1. The molecule has 0 saturated heterocycles. The Kier molecular flexibility index (Phi) is 7.89. The highest BCUT2D eigenvalue weighted by atomic mass is 32.2. The topological polar surface area (TPSA) is 69.0 Å². The highest BCUT2D eigenvalue weighted by Gasteiger charge is 2.15. The Labute approximate surface area is 187 Å². The summed E-state index contributed by atoms with van der Waals surface area (Å²) in [6.07, 6.45) is 2.65. The van der Waals surface area contributed by atoms with Gasteiger partial charge in [0, 0.05) is 12.2 Å². The number of amides is 1. The standard InChI is InChI=1S/C24H28N4O2S/c1-5-14-28-22(15-30-21-13-9-10-17(3)18(21)4)26-27-24(28)31-16-23(29)25-20-12-8-7-11-19(20)6-2/h5,7-13H,1,6,14-16H2,2-4H3,(H,25,29). The summed E-state index contributed by atoms with van der Waals surface area (Å²) in [5.41, 5.74) is 4.25. The number of para-hydroxylation sites is 1. The van der Waals surface area contributed by atoms with E-state index in [1.54, 1.807) is 6.08 Å². The minimum absolute atomic E-state index is 0.0766. The molecule has 0 spiro atoms. The van der Waals surface area contributed by atoms with Gasteiger partial charge in [0.05, 0.1) is 5.75 Å². The van der Waals surface area contributed by atoms with E-state index in [0.717, 1.165) is 29.0 Å². The van der Waals surface area contributed by atoms with Gasteiger partial charge in [-0.15, -0.1) is 16.8 Å². The molecule has 162 valence electrons. The lowest BCUT2D eigenvalue weighted by molar-refractivity contribution is -0.113. The third-order valence-corrected chi connectivity index (χ3v) is 5.99. The fourth-order valence-electron chi connectivity index (χ4n) is 3.13. The molecule has 1 heterocycles. The van der Waals surface area contributed by atoms with Gasteiger partial charge in [0.25, 0.3) is 0 Å². The van der Waals surface area contributed by atoms with Crippen LogP contribution in [0, 0.1) is 13.8 Å². The quantitative estimate of drug-likeness (QED) is 0.360. The maximum absolute atomic E-state index is 12.5. The van der Waals surface area contributed by atoms with Crippen molar-refractivity contribution in [2.75, 3.05) is 11.1 Å². The van der Waals surface area contributed by atoms with Crippen molar-refractivity contribution in [1.82, 2.24) is 14.8 Å². The van der Waals surface area contributed by atoms with E-state index < -0.39 is 0 Å². The van der Waals surface area contributed by atoms with Crippen molar-refractivity contribution >= 4 is 23.4 Å². The fraction of sp³-hybridized carbons (Fsp3) is 0.292. The molecule has 2 aromatic carbocycles. The van der Waals surface area contributed by atoms with Crippen LogP contribution in [0.3, 0.4) is 0 Å². The molecular formula is C24H28N4O2S. The molecule has 31 heavy (non-hydrogen) atoms. The smallest absolute Gasteiger partial charge is 0.234 e. The first-order valence-corrected chi connectivity index (χ1v) is 11.2. The average Bonchev–Trinajstić information content (AvgIpc) is 3.15. The minimum Gasteiger partial charge on any atom is -0.485 e. The van der Waals surface area contributed by atoms with E-state index in [2.05, 4.69) is 42.0 Å². The molecule has 7 heteroatoms. The molecule has 0 saturated carbocycles. The molecule has 0 radical (unpaired) electrons. The average molecular weight is 437 g/mol. The summed E-state index contributed by atoms with van der Waals surface area (Å²) < 4.78 is 7.91. The van der Waals surface area contributed by atoms with Gasteiger partial charge in [-0.1, -0.05) is 55.1 Å². The van der Waals surface area contributed by atoms with Gasteiger partial charge in [-0.25, -0.2) is 0 Å². The van der Waals surface area contributed by atoms with Gasteiger partial charge in [0.1, 0.15) is 12.4 Å². The molecule has 0 bridgehead atoms. The maximum atomic E-state index is 12.5. The van der Waals surface area contributed by atoms with Crippen molar-refractivity contribution in [3.63, 3.8) is 0 Å². The van der Waals surface area contributed by atoms with E-state index in [1.807, 2.05) is 47.9 Å². The van der Waals surface area contributed by atoms with Crippen molar-refractivity contribution in [1.29, 1.82) is 0 Å². The molecule has 3 aromatic rings. The molecule has 0 fully saturated rings. The first-order chi connectivity index (χ1) is 15.0. The Hall–Kier alpha value is -3.06. The van der Waals surface area contributed by atoms with Crippen molar-refractivity contribution in [3.05, 3.63) is 77.6 Å². The van der Waals surface area contributed by atoms with E-state index in [1.165, 1.54) is 17.3 Å². The van der Waals surface area contributed by atoms with Crippen molar-refractivity contribution in [2.45, 2.75) is 45.5 Å². The maximum Gasteiger partial charge on any atom is 0.234 e. The first kappa shape index (κ1) is 22.6. The monoisotopic (exact) mass is 436 g/mol. The zero-order chi connectivity index (χ0) is 22.2. The minimum atomic E-state index is -0.0766. The van der Waals surface area contributed by atoms with Gasteiger partial charge in [-0.3, -0.25) is 9.36 Å². The Morgan fingerprint density at radius 3 is 2.77 bits per heavy atom. The van der Waals surface area contributed by atoms with E-state index in [4.69, 9.17) is 4.74 Å². The SMILES string of the molecule is C=CCn1c(COc2cccc(C)c2C)nnc1SCC(=O)Nc1ccccc1CC. The van der Waals surface area contributed by atoms with Crippen LogP contribution in [0.15, 0.2) is 60.3 Å². The number of benzene rings is 2. The summed E-state index contributed by atoms with van der Waals surface area (Å²) in [6, 6.07) is 13.8. The van der Waals surface area contributed by atoms with E-state index in [-0.39, 0.29) is 11.7 Å². The van der Waals surface area contributed by atoms with Crippen molar-refractivity contribution in [2.24, 2.45) is 0 Å².